The Labute approximate surface area is 224 Å². The quantitative estimate of drug-likeness (QED) is 0.416. The first-order chi connectivity index (χ1) is 18.2. The van der Waals surface area contributed by atoms with Gasteiger partial charge < -0.3 is 20.4 Å². The number of nitrogens with one attached hydrogen (secondary N) is 1. The molecule has 2 aliphatic rings. The molecule has 1 saturated heterocycles. The molecule has 2 aromatic carbocycles. The summed E-state index contributed by atoms with van der Waals surface area (Å²) in [7, 11) is 0. The number of carbonyl (C=O) groups excluding carboxylic acids is 1. The molecule has 2 heterocycles. The van der Waals surface area contributed by atoms with E-state index in [0.717, 1.165) is 63.4 Å². The summed E-state index contributed by atoms with van der Waals surface area (Å²) in [6.07, 6.45) is 1.92. The SMILES string of the molecule is CCN1CCN(Cc2ccc(-n3c(C(=O)NC4CC4)nnc3-c3cc(C(C)C)c(O)cc3O)cc2C)CC1. The third kappa shape index (κ3) is 5.39. The number of aryl methyl sites for hydroxylation is 1. The minimum absolute atomic E-state index is 0.0268. The molecular weight excluding hydrogens is 480 g/mol. The monoisotopic (exact) mass is 518 g/mol. The van der Waals surface area contributed by atoms with E-state index in [-0.39, 0.29) is 35.2 Å². The number of aromatic hydroxyl groups is 2. The molecule has 0 spiro atoms. The Balaban J connectivity index is 1.52. The third-order valence-electron chi connectivity index (χ3n) is 7.68. The van der Waals surface area contributed by atoms with Gasteiger partial charge in [-0.2, -0.15) is 0 Å². The first kappa shape index (κ1) is 26.2. The van der Waals surface area contributed by atoms with Crippen molar-refractivity contribution in [3.63, 3.8) is 0 Å². The number of phenols is 2. The number of likely N-dealkylation sites (N-methyl/N-ethyl adjacent to an activating group) is 1. The number of nitrogens with zero attached hydrogens (tertiary/aromatic N) is 5. The zero-order chi connectivity index (χ0) is 27.0. The van der Waals surface area contributed by atoms with Crippen LogP contribution in [0.25, 0.3) is 17.1 Å². The largest absolute Gasteiger partial charge is 0.508 e. The van der Waals surface area contributed by atoms with Gasteiger partial charge in [-0.05, 0) is 67.1 Å². The average Bonchev–Trinajstić information content (AvgIpc) is 3.59. The van der Waals surface area contributed by atoms with E-state index in [9.17, 15) is 15.0 Å². The molecule has 9 nitrogen and oxygen atoms in total. The van der Waals surface area contributed by atoms with Gasteiger partial charge in [0.1, 0.15) is 11.5 Å². The first-order valence-corrected chi connectivity index (χ1v) is 13.6. The van der Waals surface area contributed by atoms with Crippen LogP contribution in [0.1, 0.15) is 66.8 Å². The number of aromatic nitrogens is 3. The maximum absolute atomic E-state index is 13.2. The molecule has 9 heteroatoms. The van der Waals surface area contributed by atoms with Crippen LogP contribution in [0.2, 0.25) is 0 Å². The molecule has 202 valence electrons. The molecule has 3 aromatic rings. The van der Waals surface area contributed by atoms with Crippen LogP contribution in [0, 0.1) is 6.92 Å². The van der Waals surface area contributed by atoms with Gasteiger partial charge in [-0.1, -0.05) is 26.8 Å². The first-order valence-electron chi connectivity index (χ1n) is 13.6. The Kier molecular flexibility index (Phi) is 7.40. The molecule has 0 unspecified atom stereocenters. The molecule has 1 aromatic heterocycles. The van der Waals surface area contributed by atoms with Crippen molar-refractivity contribution in [1.29, 1.82) is 0 Å². The average molecular weight is 519 g/mol. The normalized spacial score (nSPS) is 16.8. The molecule has 1 saturated carbocycles. The van der Waals surface area contributed by atoms with Gasteiger partial charge in [0, 0.05) is 50.5 Å². The lowest BCUT2D eigenvalue weighted by atomic mass is 9.98. The predicted octanol–water partition coefficient (Wildman–Crippen LogP) is 3.81. The van der Waals surface area contributed by atoms with Crippen LogP contribution in [0.15, 0.2) is 30.3 Å². The third-order valence-corrected chi connectivity index (χ3v) is 7.68. The van der Waals surface area contributed by atoms with Crippen molar-refractivity contribution in [3.05, 3.63) is 52.8 Å². The van der Waals surface area contributed by atoms with E-state index < -0.39 is 0 Å². The van der Waals surface area contributed by atoms with Crippen LogP contribution in [0.4, 0.5) is 0 Å². The highest BCUT2D eigenvalue weighted by molar-refractivity contribution is 5.92. The molecule has 1 aliphatic carbocycles. The minimum Gasteiger partial charge on any atom is -0.508 e. The number of phenolic OH excluding ortho intramolecular Hbond substituents is 2. The second-order valence-corrected chi connectivity index (χ2v) is 10.8. The Morgan fingerprint density at radius 2 is 1.74 bits per heavy atom. The summed E-state index contributed by atoms with van der Waals surface area (Å²) in [6.45, 7) is 14.5. The van der Waals surface area contributed by atoms with Crippen LogP contribution in [0.3, 0.4) is 0 Å². The second kappa shape index (κ2) is 10.7. The topological polar surface area (TPSA) is 107 Å². The summed E-state index contributed by atoms with van der Waals surface area (Å²) in [5.74, 6) is 0.183. The van der Waals surface area contributed by atoms with Crippen molar-refractivity contribution >= 4 is 5.91 Å². The van der Waals surface area contributed by atoms with E-state index >= 15 is 0 Å². The lowest BCUT2D eigenvalue weighted by Crippen LogP contribution is -2.45. The van der Waals surface area contributed by atoms with Gasteiger partial charge in [-0.15, -0.1) is 10.2 Å². The van der Waals surface area contributed by atoms with Gasteiger partial charge in [0.05, 0.1) is 5.56 Å². The van der Waals surface area contributed by atoms with Gasteiger partial charge in [0.15, 0.2) is 5.82 Å². The number of carbonyl (C=O) groups is 1. The van der Waals surface area contributed by atoms with Crippen LogP contribution >= 0.6 is 0 Å². The summed E-state index contributed by atoms with van der Waals surface area (Å²) in [5, 5.41) is 32.8. The lowest BCUT2D eigenvalue weighted by molar-refractivity contribution is 0.0938. The molecule has 0 atom stereocenters. The van der Waals surface area contributed by atoms with Gasteiger partial charge >= 0.3 is 0 Å². The van der Waals surface area contributed by atoms with E-state index in [1.807, 2.05) is 19.9 Å². The second-order valence-electron chi connectivity index (χ2n) is 10.8. The fourth-order valence-electron chi connectivity index (χ4n) is 5.06. The smallest absolute Gasteiger partial charge is 0.289 e. The van der Waals surface area contributed by atoms with Crippen molar-refractivity contribution in [2.45, 2.75) is 59.0 Å². The fourth-order valence-corrected chi connectivity index (χ4v) is 5.06. The Morgan fingerprint density at radius 3 is 2.37 bits per heavy atom. The van der Waals surface area contributed by atoms with Crippen molar-refractivity contribution < 1.29 is 15.0 Å². The van der Waals surface area contributed by atoms with Crippen molar-refractivity contribution in [3.8, 4) is 28.6 Å². The Morgan fingerprint density at radius 1 is 1.03 bits per heavy atom. The van der Waals surface area contributed by atoms with Gasteiger partial charge in [-0.25, -0.2) is 0 Å². The molecule has 1 aliphatic heterocycles. The summed E-state index contributed by atoms with van der Waals surface area (Å²) in [4.78, 5) is 18.1. The lowest BCUT2D eigenvalue weighted by Gasteiger charge is -2.34. The van der Waals surface area contributed by atoms with Crippen LogP contribution in [-0.4, -0.2) is 79.5 Å². The van der Waals surface area contributed by atoms with Crippen LogP contribution in [0.5, 0.6) is 11.5 Å². The molecule has 5 rings (SSSR count). The van der Waals surface area contributed by atoms with E-state index in [0.29, 0.717) is 17.0 Å². The maximum Gasteiger partial charge on any atom is 0.289 e. The maximum atomic E-state index is 13.2. The highest BCUT2D eigenvalue weighted by Crippen LogP contribution is 2.38. The van der Waals surface area contributed by atoms with Gasteiger partial charge in [-0.3, -0.25) is 14.3 Å². The van der Waals surface area contributed by atoms with Crippen molar-refractivity contribution in [1.82, 2.24) is 29.9 Å². The van der Waals surface area contributed by atoms with Crippen molar-refractivity contribution in [2.75, 3.05) is 32.7 Å². The van der Waals surface area contributed by atoms with Crippen LogP contribution in [-0.2, 0) is 6.54 Å². The number of hydrogen-bond acceptors (Lipinski definition) is 7. The number of amides is 1. The van der Waals surface area contributed by atoms with E-state index in [1.54, 1.807) is 10.6 Å². The molecule has 38 heavy (non-hydrogen) atoms. The van der Waals surface area contributed by atoms with E-state index in [1.165, 1.54) is 11.6 Å². The van der Waals surface area contributed by atoms with E-state index in [2.05, 4.69) is 51.3 Å². The summed E-state index contributed by atoms with van der Waals surface area (Å²) >= 11 is 0. The number of benzene rings is 2. The summed E-state index contributed by atoms with van der Waals surface area (Å²) in [5.41, 5.74) is 4.21. The van der Waals surface area contributed by atoms with Gasteiger partial charge in [0.25, 0.3) is 5.91 Å². The number of piperazine rings is 1. The Hall–Kier alpha value is -3.43. The molecule has 0 bridgehead atoms. The summed E-state index contributed by atoms with van der Waals surface area (Å²) < 4.78 is 1.71. The standard InChI is InChI=1S/C29H38N6O3/c1-5-33-10-12-34(13-11-33)17-20-6-9-22(14-19(20)4)35-27(31-32-28(35)29(38)30-21-7-8-21)24-15-23(18(2)3)25(36)16-26(24)37/h6,9,14-16,18,21,36-37H,5,7-8,10-13,17H2,1-4H3,(H,30,38). The molecule has 1 amide bonds. The minimum atomic E-state index is -0.288. The van der Waals surface area contributed by atoms with Gasteiger partial charge in [0.2, 0.25) is 5.82 Å². The highest BCUT2D eigenvalue weighted by Gasteiger charge is 2.29. The zero-order valence-corrected chi connectivity index (χ0v) is 22.7. The van der Waals surface area contributed by atoms with Crippen LogP contribution < -0.4 is 5.32 Å². The fraction of sp³-hybridized carbons (Fsp3) is 0.483. The predicted molar refractivity (Wildman–Crippen MR) is 147 cm³/mol. The number of hydrogen-bond donors (Lipinski definition) is 3. The molecule has 3 N–H and O–H groups in total. The molecule has 0 radical (unpaired) electrons. The molecular formula is C29H38N6O3. The Bertz CT molecular complexity index is 1320. The summed E-state index contributed by atoms with van der Waals surface area (Å²) in [6, 6.07) is 9.39. The highest BCUT2D eigenvalue weighted by atomic mass is 16.3. The van der Waals surface area contributed by atoms with E-state index in [4.69, 9.17) is 0 Å². The zero-order valence-electron chi connectivity index (χ0n) is 22.7. The molecule has 2 fully saturated rings. The number of rotatable bonds is 8. The van der Waals surface area contributed by atoms with Crippen molar-refractivity contribution in [2.24, 2.45) is 0 Å².